The molecule has 0 unspecified atom stereocenters. The zero-order valence-electron chi connectivity index (χ0n) is 18.2. The van der Waals surface area contributed by atoms with Crippen LogP contribution in [0.2, 0.25) is 10.0 Å². The van der Waals surface area contributed by atoms with E-state index in [1.54, 1.807) is 18.2 Å². The summed E-state index contributed by atoms with van der Waals surface area (Å²) in [5, 5.41) is 3.42. The second-order valence-electron chi connectivity index (χ2n) is 7.92. The van der Waals surface area contributed by atoms with Crippen LogP contribution in [0.15, 0.2) is 54.6 Å². The van der Waals surface area contributed by atoms with E-state index in [2.05, 4.69) is 27.2 Å². The highest BCUT2D eigenvalue weighted by molar-refractivity contribution is 6.36. The van der Waals surface area contributed by atoms with E-state index in [1.165, 1.54) is 12.1 Å². The fraction of sp³-hybridized carbons (Fsp3) is 0.160. The Labute approximate surface area is 204 Å². The monoisotopic (exact) mass is 495 g/mol. The quantitative estimate of drug-likeness (QED) is 0.264. The first kappa shape index (κ1) is 22.4. The lowest BCUT2D eigenvalue weighted by Gasteiger charge is -2.10. The van der Waals surface area contributed by atoms with Crippen molar-refractivity contribution in [3.05, 3.63) is 76.0 Å². The molecule has 9 heteroatoms. The van der Waals surface area contributed by atoms with E-state index in [-0.39, 0.29) is 27.3 Å². The zero-order valence-corrected chi connectivity index (χ0v) is 19.7. The number of anilines is 1. The number of halogens is 3. The van der Waals surface area contributed by atoms with Crippen LogP contribution in [-0.2, 0) is 6.54 Å². The lowest BCUT2D eigenvalue weighted by molar-refractivity contribution is 0.102. The van der Waals surface area contributed by atoms with E-state index in [0.29, 0.717) is 22.5 Å². The molecule has 0 aliphatic carbocycles. The lowest BCUT2D eigenvalue weighted by Crippen LogP contribution is -2.16. The number of amides is 1. The Morgan fingerprint density at radius 2 is 1.88 bits per heavy atom. The number of para-hydroxylation sites is 2. The van der Waals surface area contributed by atoms with Gasteiger partial charge in [0.2, 0.25) is 5.95 Å². The van der Waals surface area contributed by atoms with Crippen molar-refractivity contribution in [1.82, 2.24) is 19.5 Å². The number of unbranched alkanes of at least 4 members (excludes halogenated alkanes) is 1. The van der Waals surface area contributed by atoms with Crippen molar-refractivity contribution in [2.45, 2.75) is 26.3 Å². The van der Waals surface area contributed by atoms with Crippen molar-refractivity contribution in [3.63, 3.8) is 0 Å². The third kappa shape index (κ3) is 4.02. The van der Waals surface area contributed by atoms with Gasteiger partial charge in [-0.3, -0.25) is 10.1 Å². The Morgan fingerprint density at radius 1 is 1.06 bits per heavy atom. The Kier molecular flexibility index (Phi) is 5.98. The molecule has 0 atom stereocenters. The van der Waals surface area contributed by atoms with Crippen molar-refractivity contribution >= 4 is 57.1 Å². The molecular weight excluding hydrogens is 476 g/mol. The molecule has 0 radical (unpaired) electrons. The number of hydrogen-bond acceptors (Lipinski definition) is 3. The molecule has 0 bridgehead atoms. The van der Waals surface area contributed by atoms with Gasteiger partial charge < -0.3 is 9.55 Å². The summed E-state index contributed by atoms with van der Waals surface area (Å²) >= 11 is 12.6. The number of carbonyl (C=O) groups excluding carboxylic acids is 1. The molecule has 2 heterocycles. The minimum Gasteiger partial charge on any atom is -0.337 e. The molecule has 0 saturated heterocycles. The summed E-state index contributed by atoms with van der Waals surface area (Å²) in [5.74, 6) is -0.174. The molecule has 5 aromatic rings. The van der Waals surface area contributed by atoms with Crippen molar-refractivity contribution < 1.29 is 9.18 Å². The van der Waals surface area contributed by atoms with E-state index >= 15 is 0 Å². The number of hydrogen-bond donors (Lipinski definition) is 2. The van der Waals surface area contributed by atoms with Gasteiger partial charge >= 0.3 is 0 Å². The predicted octanol–water partition coefficient (Wildman–Crippen LogP) is 7.08. The van der Waals surface area contributed by atoms with Crippen LogP contribution >= 0.6 is 23.2 Å². The van der Waals surface area contributed by atoms with Gasteiger partial charge in [-0.05, 0) is 42.8 Å². The van der Waals surface area contributed by atoms with E-state index < -0.39 is 5.82 Å². The van der Waals surface area contributed by atoms with Crippen LogP contribution in [-0.4, -0.2) is 25.4 Å². The molecule has 172 valence electrons. The highest BCUT2D eigenvalue weighted by Gasteiger charge is 2.19. The molecule has 0 aliphatic rings. The summed E-state index contributed by atoms with van der Waals surface area (Å²) in [4.78, 5) is 25.2. The molecule has 2 aromatic heterocycles. The summed E-state index contributed by atoms with van der Waals surface area (Å²) in [6.45, 7) is 2.85. The van der Waals surface area contributed by atoms with Crippen LogP contribution in [0.4, 0.5) is 10.3 Å². The molecule has 0 saturated carbocycles. The van der Waals surface area contributed by atoms with Gasteiger partial charge in [0.25, 0.3) is 5.91 Å². The number of aromatic nitrogens is 4. The summed E-state index contributed by atoms with van der Waals surface area (Å²) < 4.78 is 16.4. The predicted molar refractivity (Wildman–Crippen MR) is 134 cm³/mol. The van der Waals surface area contributed by atoms with Crippen LogP contribution in [0, 0.1) is 5.82 Å². The van der Waals surface area contributed by atoms with E-state index in [0.717, 1.165) is 30.4 Å². The van der Waals surface area contributed by atoms with Gasteiger partial charge in [0, 0.05) is 12.1 Å². The van der Waals surface area contributed by atoms with Crippen LogP contribution < -0.4 is 5.32 Å². The summed E-state index contributed by atoms with van der Waals surface area (Å²) in [6, 6.07) is 15.3. The molecule has 2 N–H and O–H groups in total. The number of aromatic amines is 1. The second-order valence-corrected chi connectivity index (χ2v) is 8.73. The summed E-state index contributed by atoms with van der Waals surface area (Å²) in [6.07, 6.45) is 1.97. The van der Waals surface area contributed by atoms with Crippen LogP contribution in [0.25, 0.3) is 33.5 Å². The molecule has 0 fully saturated rings. The van der Waals surface area contributed by atoms with Gasteiger partial charge in [0.15, 0.2) is 0 Å². The number of H-pyrrole nitrogens is 1. The first-order valence-corrected chi connectivity index (χ1v) is 11.6. The number of rotatable bonds is 6. The number of aryl methyl sites for hydroxylation is 1. The number of carbonyl (C=O) groups is 1. The zero-order chi connectivity index (χ0) is 23.8. The van der Waals surface area contributed by atoms with Gasteiger partial charge in [-0.25, -0.2) is 14.4 Å². The fourth-order valence-corrected chi connectivity index (χ4v) is 4.45. The third-order valence-corrected chi connectivity index (χ3v) is 6.24. The standard InChI is InChI=1S/C25H20Cl2FN5O/c1-2-3-11-33-20-10-5-4-9-18(20)30-25(33)32-24(34)14-12-16(27)22-19(13-14)29-23(31-22)21-15(26)7-6-8-17(21)28/h4-10,12-13H,2-3,11H2,1H3,(H,29,31)(H,30,32,34). The molecule has 6 nitrogen and oxygen atoms in total. The first-order valence-electron chi connectivity index (χ1n) is 10.9. The smallest absolute Gasteiger partial charge is 0.258 e. The first-order chi connectivity index (χ1) is 16.5. The second kappa shape index (κ2) is 9.08. The van der Waals surface area contributed by atoms with Gasteiger partial charge in [-0.1, -0.05) is 54.7 Å². The minimum atomic E-state index is -0.508. The average molecular weight is 496 g/mol. The molecule has 1 amide bonds. The average Bonchev–Trinajstić information content (AvgIpc) is 3.39. The Morgan fingerprint density at radius 3 is 2.68 bits per heavy atom. The largest absolute Gasteiger partial charge is 0.337 e. The highest BCUT2D eigenvalue weighted by Crippen LogP contribution is 2.32. The number of nitrogens with zero attached hydrogens (tertiary/aromatic N) is 3. The maximum Gasteiger partial charge on any atom is 0.258 e. The van der Waals surface area contributed by atoms with Gasteiger partial charge in [0.05, 0.1) is 37.7 Å². The van der Waals surface area contributed by atoms with Crippen LogP contribution in [0.5, 0.6) is 0 Å². The van der Waals surface area contributed by atoms with Crippen molar-refractivity contribution in [3.8, 4) is 11.4 Å². The maximum absolute atomic E-state index is 14.4. The van der Waals surface area contributed by atoms with Crippen molar-refractivity contribution in [2.24, 2.45) is 0 Å². The number of imidazole rings is 2. The normalized spacial score (nSPS) is 11.4. The van der Waals surface area contributed by atoms with Gasteiger partial charge in [0.1, 0.15) is 11.6 Å². The Balaban J connectivity index is 1.51. The van der Waals surface area contributed by atoms with E-state index in [1.807, 2.05) is 28.8 Å². The van der Waals surface area contributed by atoms with E-state index in [4.69, 9.17) is 23.2 Å². The Bertz CT molecular complexity index is 1520. The minimum absolute atomic E-state index is 0.145. The lowest BCUT2D eigenvalue weighted by atomic mass is 10.2. The summed E-state index contributed by atoms with van der Waals surface area (Å²) in [7, 11) is 0. The summed E-state index contributed by atoms with van der Waals surface area (Å²) in [5.41, 5.74) is 3.13. The molecule has 3 aromatic carbocycles. The van der Waals surface area contributed by atoms with Crippen LogP contribution in [0.3, 0.4) is 0 Å². The molecular formula is C25H20Cl2FN5O. The SMILES string of the molecule is CCCCn1c(NC(=O)c2cc(Cl)c3[nH]c(-c4c(F)cccc4Cl)nc3c2)nc2ccccc21. The maximum atomic E-state index is 14.4. The molecule has 34 heavy (non-hydrogen) atoms. The van der Waals surface area contributed by atoms with E-state index in [9.17, 15) is 9.18 Å². The van der Waals surface area contributed by atoms with Crippen molar-refractivity contribution in [1.29, 1.82) is 0 Å². The number of nitrogens with one attached hydrogen (secondary N) is 2. The molecule has 5 rings (SSSR count). The van der Waals surface area contributed by atoms with Gasteiger partial charge in [-0.2, -0.15) is 0 Å². The van der Waals surface area contributed by atoms with Gasteiger partial charge in [-0.15, -0.1) is 0 Å². The molecule has 0 aliphatic heterocycles. The highest BCUT2D eigenvalue weighted by atomic mass is 35.5. The number of benzene rings is 3. The third-order valence-electron chi connectivity index (χ3n) is 5.62. The van der Waals surface area contributed by atoms with Crippen molar-refractivity contribution in [2.75, 3.05) is 5.32 Å². The Hall–Kier alpha value is -3.42. The number of fused-ring (bicyclic) bond motifs is 2. The topological polar surface area (TPSA) is 75.6 Å². The molecule has 0 spiro atoms. The fourth-order valence-electron chi connectivity index (χ4n) is 3.93. The van der Waals surface area contributed by atoms with Crippen LogP contribution in [0.1, 0.15) is 30.1 Å².